The van der Waals surface area contributed by atoms with Gasteiger partial charge >= 0.3 is 0 Å². The third kappa shape index (κ3) is 4.97. The molecule has 0 bridgehead atoms. The summed E-state index contributed by atoms with van der Waals surface area (Å²) in [6.07, 6.45) is 1.25. The monoisotopic (exact) mass is 324 g/mol. The Morgan fingerprint density at radius 2 is 1.95 bits per heavy atom. The number of aryl methyl sites for hydroxylation is 1. The quantitative estimate of drug-likeness (QED) is 0.654. The van der Waals surface area contributed by atoms with Gasteiger partial charge in [0.05, 0.1) is 6.04 Å². The summed E-state index contributed by atoms with van der Waals surface area (Å²) in [7, 11) is 0. The zero-order chi connectivity index (χ0) is 15.2. The van der Waals surface area contributed by atoms with Gasteiger partial charge in [0, 0.05) is 6.07 Å². The summed E-state index contributed by atoms with van der Waals surface area (Å²) >= 11 is 11.4. The second-order valence-electron chi connectivity index (χ2n) is 4.46. The van der Waals surface area contributed by atoms with Crippen molar-refractivity contribution in [2.75, 3.05) is 5.32 Å². The molecular formula is C14H14Cl2N4O. The fourth-order valence-electron chi connectivity index (χ4n) is 1.77. The third-order valence-electron chi connectivity index (χ3n) is 2.84. The van der Waals surface area contributed by atoms with Crippen LogP contribution in [0.3, 0.4) is 0 Å². The van der Waals surface area contributed by atoms with E-state index in [1.807, 2.05) is 30.3 Å². The van der Waals surface area contributed by atoms with Gasteiger partial charge in [-0.25, -0.2) is 9.97 Å². The summed E-state index contributed by atoms with van der Waals surface area (Å²) in [5.41, 5.74) is 7.00. The van der Waals surface area contributed by atoms with E-state index in [4.69, 9.17) is 28.9 Å². The molecule has 5 nitrogen and oxygen atoms in total. The smallest absolute Gasteiger partial charge is 0.242 e. The first-order valence-electron chi connectivity index (χ1n) is 6.35. The van der Waals surface area contributed by atoms with E-state index < -0.39 is 6.04 Å². The van der Waals surface area contributed by atoms with Gasteiger partial charge < -0.3 is 11.1 Å². The predicted octanol–water partition coefficient (Wildman–Crippen LogP) is 2.68. The average Bonchev–Trinajstić information content (AvgIpc) is 2.44. The minimum atomic E-state index is -0.641. The Morgan fingerprint density at radius 3 is 2.62 bits per heavy atom. The number of aromatic nitrogens is 2. The molecule has 110 valence electrons. The minimum Gasteiger partial charge on any atom is -0.320 e. The molecule has 1 heterocycles. The van der Waals surface area contributed by atoms with E-state index >= 15 is 0 Å². The second-order valence-corrected chi connectivity index (χ2v) is 5.19. The molecule has 1 atom stereocenters. The van der Waals surface area contributed by atoms with Gasteiger partial charge in [-0.1, -0.05) is 41.9 Å². The van der Waals surface area contributed by atoms with Crippen molar-refractivity contribution >= 4 is 34.9 Å². The van der Waals surface area contributed by atoms with Crippen molar-refractivity contribution in [3.63, 3.8) is 0 Å². The lowest BCUT2D eigenvalue weighted by atomic mass is 10.1. The topological polar surface area (TPSA) is 80.9 Å². The summed E-state index contributed by atoms with van der Waals surface area (Å²) in [4.78, 5) is 19.5. The number of hydrogen-bond donors (Lipinski definition) is 2. The summed E-state index contributed by atoms with van der Waals surface area (Å²) in [6, 6.07) is 10.6. The molecule has 3 N–H and O–H groups in total. The number of benzene rings is 1. The standard InChI is InChI=1S/C14H14Cl2N4O/c15-11-8-12(20-14(16)18-11)19-13(21)10(17)7-6-9-4-2-1-3-5-9/h1-5,8,10H,6-7,17H2,(H,18,19,20,21). The molecule has 21 heavy (non-hydrogen) atoms. The number of nitrogens with one attached hydrogen (secondary N) is 1. The Hall–Kier alpha value is -1.69. The molecule has 0 saturated carbocycles. The molecule has 0 saturated heterocycles. The summed E-state index contributed by atoms with van der Waals surface area (Å²) in [6.45, 7) is 0. The highest BCUT2D eigenvalue weighted by atomic mass is 35.5. The van der Waals surface area contributed by atoms with Gasteiger partial charge in [0.25, 0.3) is 0 Å². The number of nitrogens with zero attached hydrogens (tertiary/aromatic N) is 2. The van der Waals surface area contributed by atoms with Gasteiger partial charge in [0.2, 0.25) is 11.2 Å². The molecule has 2 aromatic rings. The Labute approximate surface area is 132 Å². The fourth-order valence-corrected chi connectivity index (χ4v) is 2.18. The zero-order valence-electron chi connectivity index (χ0n) is 11.1. The number of nitrogens with two attached hydrogens (primary N) is 1. The molecule has 7 heteroatoms. The van der Waals surface area contributed by atoms with Crippen molar-refractivity contribution in [2.24, 2.45) is 5.73 Å². The molecule has 1 aromatic carbocycles. The summed E-state index contributed by atoms with van der Waals surface area (Å²) in [5, 5.41) is 2.70. The lowest BCUT2D eigenvalue weighted by molar-refractivity contribution is -0.117. The van der Waals surface area contributed by atoms with Crippen molar-refractivity contribution < 1.29 is 4.79 Å². The lowest BCUT2D eigenvalue weighted by Crippen LogP contribution is -2.36. The van der Waals surface area contributed by atoms with Gasteiger partial charge in [-0.05, 0) is 30.0 Å². The van der Waals surface area contributed by atoms with Gasteiger partial charge in [-0.2, -0.15) is 0 Å². The molecule has 0 radical (unpaired) electrons. The number of hydrogen-bond acceptors (Lipinski definition) is 4. The van der Waals surface area contributed by atoms with Crippen LogP contribution in [0.15, 0.2) is 36.4 Å². The van der Waals surface area contributed by atoms with Crippen molar-refractivity contribution in [3.8, 4) is 0 Å². The van der Waals surface area contributed by atoms with Crippen molar-refractivity contribution in [1.82, 2.24) is 9.97 Å². The first kappa shape index (κ1) is 15.7. The van der Waals surface area contributed by atoms with E-state index in [-0.39, 0.29) is 22.2 Å². The first-order valence-corrected chi connectivity index (χ1v) is 7.10. The van der Waals surface area contributed by atoms with Crippen LogP contribution in [0, 0.1) is 0 Å². The highest BCUT2D eigenvalue weighted by Crippen LogP contribution is 2.14. The number of amides is 1. The Bertz CT molecular complexity index is 601. The molecule has 1 amide bonds. The Morgan fingerprint density at radius 1 is 1.24 bits per heavy atom. The second kappa shape index (κ2) is 7.36. The molecule has 1 aromatic heterocycles. The normalized spacial score (nSPS) is 12.0. The largest absolute Gasteiger partial charge is 0.320 e. The van der Waals surface area contributed by atoms with Crippen LogP contribution < -0.4 is 11.1 Å². The summed E-state index contributed by atoms with van der Waals surface area (Å²) < 4.78 is 0. The van der Waals surface area contributed by atoms with Gasteiger partial charge in [0.1, 0.15) is 11.0 Å². The molecular weight excluding hydrogens is 311 g/mol. The van der Waals surface area contributed by atoms with Crippen LogP contribution in [0.5, 0.6) is 0 Å². The van der Waals surface area contributed by atoms with E-state index in [1.165, 1.54) is 6.07 Å². The minimum absolute atomic E-state index is 0.0318. The number of rotatable bonds is 5. The molecule has 0 aliphatic heterocycles. The van der Waals surface area contributed by atoms with E-state index in [0.717, 1.165) is 12.0 Å². The maximum atomic E-state index is 12.0. The number of carbonyl (C=O) groups excluding carboxylic acids is 1. The van der Waals surface area contributed by atoms with Crippen LogP contribution >= 0.6 is 23.2 Å². The zero-order valence-corrected chi connectivity index (χ0v) is 12.6. The Balaban J connectivity index is 1.90. The number of carbonyl (C=O) groups is 1. The molecule has 0 spiro atoms. The van der Waals surface area contributed by atoms with Crippen molar-refractivity contribution in [3.05, 3.63) is 52.4 Å². The van der Waals surface area contributed by atoms with Crippen LogP contribution in [0.2, 0.25) is 10.4 Å². The van der Waals surface area contributed by atoms with E-state index in [2.05, 4.69) is 15.3 Å². The predicted molar refractivity (Wildman–Crippen MR) is 83.4 cm³/mol. The highest BCUT2D eigenvalue weighted by molar-refractivity contribution is 6.32. The maximum Gasteiger partial charge on any atom is 0.242 e. The molecule has 1 unspecified atom stereocenters. The third-order valence-corrected chi connectivity index (χ3v) is 3.21. The van der Waals surface area contributed by atoms with Gasteiger partial charge in [-0.3, -0.25) is 4.79 Å². The van der Waals surface area contributed by atoms with Crippen molar-refractivity contribution in [2.45, 2.75) is 18.9 Å². The molecule has 0 aliphatic carbocycles. The first-order chi connectivity index (χ1) is 10.0. The summed E-state index contributed by atoms with van der Waals surface area (Å²) in [5.74, 6) is -0.100. The lowest BCUT2D eigenvalue weighted by Gasteiger charge is -2.12. The van der Waals surface area contributed by atoms with Crippen LogP contribution in [0.4, 0.5) is 5.82 Å². The number of anilines is 1. The van der Waals surface area contributed by atoms with E-state index in [1.54, 1.807) is 0 Å². The van der Waals surface area contributed by atoms with Crippen molar-refractivity contribution in [1.29, 1.82) is 0 Å². The highest BCUT2D eigenvalue weighted by Gasteiger charge is 2.15. The molecule has 2 rings (SSSR count). The van der Waals surface area contributed by atoms with Crippen LogP contribution in [-0.2, 0) is 11.2 Å². The molecule has 0 aliphatic rings. The maximum absolute atomic E-state index is 12.0. The van der Waals surface area contributed by atoms with Crippen LogP contribution in [0.25, 0.3) is 0 Å². The van der Waals surface area contributed by atoms with Crippen LogP contribution in [0.1, 0.15) is 12.0 Å². The fraction of sp³-hybridized carbons (Fsp3) is 0.214. The average molecular weight is 325 g/mol. The van der Waals surface area contributed by atoms with Gasteiger partial charge in [0.15, 0.2) is 0 Å². The number of halogens is 2. The van der Waals surface area contributed by atoms with E-state index in [0.29, 0.717) is 6.42 Å². The van der Waals surface area contributed by atoms with Crippen LogP contribution in [-0.4, -0.2) is 21.9 Å². The Kier molecular flexibility index (Phi) is 5.50. The molecule has 0 fully saturated rings. The van der Waals surface area contributed by atoms with Gasteiger partial charge in [-0.15, -0.1) is 0 Å². The SMILES string of the molecule is NC(CCc1ccccc1)C(=O)Nc1cc(Cl)nc(Cl)n1. The van der Waals surface area contributed by atoms with E-state index in [9.17, 15) is 4.79 Å².